The van der Waals surface area contributed by atoms with Crippen LogP contribution in [0.15, 0.2) is 57.9 Å². The summed E-state index contributed by atoms with van der Waals surface area (Å²) >= 11 is 0. The van der Waals surface area contributed by atoms with E-state index in [0.29, 0.717) is 62.3 Å². The number of aryl methyl sites for hydroxylation is 1. The highest BCUT2D eigenvalue weighted by atomic mass is 32.2. The average Bonchev–Trinajstić information content (AvgIpc) is 3.26. The molecule has 1 fully saturated rings. The molecule has 0 saturated carbocycles. The van der Waals surface area contributed by atoms with Crippen molar-refractivity contribution in [1.82, 2.24) is 9.46 Å². The minimum atomic E-state index is -3.82. The van der Waals surface area contributed by atoms with E-state index in [-0.39, 0.29) is 17.0 Å². The number of hydrogen-bond acceptors (Lipinski definition) is 6. The van der Waals surface area contributed by atoms with Crippen molar-refractivity contribution in [2.24, 2.45) is 5.92 Å². The summed E-state index contributed by atoms with van der Waals surface area (Å²) in [5.41, 5.74) is 2.13. The van der Waals surface area contributed by atoms with Gasteiger partial charge in [0.05, 0.1) is 23.7 Å². The number of ether oxygens (including phenoxy) is 1. The second kappa shape index (κ2) is 10.9. The molecular formula is C26H32FN3O4S. The van der Waals surface area contributed by atoms with E-state index < -0.39 is 15.8 Å². The number of benzene rings is 2. The second-order valence-corrected chi connectivity index (χ2v) is 11.2. The van der Waals surface area contributed by atoms with Gasteiger partial charge in [-0.05, 0) is 43.5 Å². The summed E-state index contributed by atoms with van der Waals surface area (Å²) in [5.74, 6) is 0.323. The third-order valence-electron chi connectivity index (χ3n) is 6.14. The van der Waals surface area contributed by atoms with Crippen LogP contribution in [0.5, 0.6) is 0 Å². The van der Waals surface area contributed by atoms with Gasteiger partial charge in [0.2, 0.25) is 15.9 Å². The zero-order valence-corrected chi connectivity index (χ0v) is 21.2. The van der Waals surface area contributed by atoms with Crippen molar-refractivity contribution in [2.75, 3.05) is 37.7 Å². The van der Waals surface area contributed by atoms with Gasteiger partial charge in [-0.2, -0.15) is 4.31 Å². The zero-order valence-electron chi connectivity index (χ0n) is 20.4. The Kier molecular flexibility index (Phi) is 7.88. The molecule has 1 aromatic heterocycles. The molecule has 7 nitrogen and oxygen atoms in total. The molecule has 188 valence electrons. The summed E-state index contributed by atoms with van der Waals surface area (Å²) in [6, 6.07) is 13.2. The van der Waals surface area contributed by atoms with Crippen LogP contribution >= 0.6 is 0 Å². The standard InChI is InChI=1S/C26H32FN3O4S/c1-19(2)12-13-30(35(31,32)21-10-8-20(3)9-11-21)18-23-25(22-6-4-5-7-24(22)27)28-34-26(23)29-14-16-33-17-15-29/h4-11,19H,12-18H2,1-3H3. The van der Waals surface area contributed by atoms with E-state index in [4.69, 9.17) is 9.26 Å². The molecule has 1 aliphatic heterocycles. The number of morpholine rings is 1. The van der Waals surface area contributed by atoms with E-state index in [1.54, 1.807) is 42.5 Å². The van der Waals surface area contributed by atoms with E-state index in [1.807, 2.05) is 11.8 Å². The zero-order chi connectivity index (χ0) is 25.0. The third kappa shape index (κ3) is 5.74. The van der Waals surface area contributed by atoms with Crippen LogP contribution in [0.1, 0.15) is 31.4 Å². The van der Waals surface area contributed by atoms with Crippen molar-refractivity contribution >= 4 is 15.9 Å². The van der Waals surface area contributed by atoms with Crippen LogP contribution in [-0.4, -0.2) is 50.7 Å². The molecular weight excluding hydrogens is 469 g/mol. The molecule has 1 aliphatic rings. The van der Waals surface area contributed by atoms with Gasteiger partial charge in [-0.15, -0.1) is 0 Å². The maximum absolute atomic E-state index is 14.8. The second-order valence-electron chi connectivity index (χ2n) is 9.23. The number of rotatable bonds is 9. The molecule has 2 heterocycles. The van der Waals surface area contributed by atoms with Gasteiger partial charge < -0.3 is 14.2 Å². The lowest BCUT2D eigenvalue weighted by Gasteiger charge is -2.28. The van der Waals surface area contributed by atoms with Crippen molar-refractivity contribution < 1.29 is 22.1 Å². The SMILES string of the molecule is Cc1ccc(S(=O)(=O)N(CCC(C)C)Cc2c(-c3ccccc3F)noc2N2CCOCC2)cc1. The van der Waals surface area contributed by atoms with E-state index in [9.17, 15) is 12.8 Å². The fraction of sp³-hybridized carbons (Fsp3) is 0.423. The first-order chi connectivity index (χ1) is 16.8. The first kappa shape index (κ1) is 25.3. The fourth-order valence-corrected chi connectivity index (χ4v) is 5.47. The summed E-state index contributed by atoms with van der Waals surface area (Å²) in [5, 5.41) is 4.22. The van der Waals surface area contributed by atoms with Gasteiger partial charge in [0.15, 0.2) is 0 Å². The maximum Gasteiger partial charge on any atom is 0.243 e. The Labute approximate surface area is 206 Å². The van der Waals surface area contributed by atoms with Gasteiger partial charge >= 0.3 is 0 Å². The van der Waals surface area contributed by atoms with Gasteiger partial charge in [-0.1, -0.05) is 48.8 Å². The number of nitrogens with zero attached hydrogens (tertiary/aromatic N) is 3. The van der Waals surface area contributed by atoms with Crippen LogP contribution in [0, 0.1) is 18.7 Å². The monoisotopic (exact) mass is 501 g/mol. The Hall–Kier alpha value is -2.75. The third-order valence-corrected chi connectivity index (χ3v) is 8.00. The van der Waals surface area contributed by atoms with Gasteiger partial charge in [-0.3, -0.25) is 0 Å². The first-order valence-corrected chi connectivity index (χ1v) is 13.3. The molecule has 0 radical (unpaired) electrons. The average molecular weight is 502 g/mol. The van der Waals surface area contributed by atoms with Crippen LogP contribution in [0.2, 0.25) is 0 Å². The number of aromatic nitrogens is 1. The van der Waals surface area contributed by atoms with Crippen LogP contribution < -0.4 is 4.90 Å². The Morgan fingerprint density at radius 3 is 2.43 bits per heavy atom. The summed E-state index contributed by atoms with van der Waals surface area (Å²) in [6.45, 7) is 8.56. The summed E-state index contributed by atoms with van der Waals surface area (Å²) in [4.78, 5) is 2.21. The molecule has 0 atom stereocenters. The lowest BCUT2D eigenvalue weighted by molar-refractivity contribution is 0.120. The predicted molar refractivity (Wildman–Crippen MR) is 133 cm³/mol. The van der Waals surface area contributed by atoms with Crippen molar-refractivity contribution in [2.45, 2.75) is 38.6 Å². The van der Waals surface area contributed by atoms with Crippen molar-refractivity contribution in [3.8, 4) is 11.3 Å². The smallest absolute Gasteiger partial charge is 0.243 e. The molecule has 4 rings (SSSR count). The van der Waals surface area contributed by atoms with E-state index in [2.05, 4.69) is 19.0 Å². The van der Waals surface area contributed by atoms with Crippen molar-refractivity contribution in [3.05, 3.63) is 65.5 Å². The van der Waals surface area contributed by atoms with Crippen LogP contribution in [0.4, 0.5) is 10.3 Å². The molecule has 9 heteroatoms. The molecule has 3 aromatic rings. The Bertz CT molecular complexity index is 1240. The van der Waals surface area contributed by atoms with Gasteiger partial charge in [0.25, 0.3) is 0 Å². The fourth-order valence-electron chi connectivity index (χ4n) is 4.04. The summed E-state index contributed by atoms with van der Waals surface area (Å²) in [7, 11) is -3.82. The normalized spacial score (nSPS) is 14.7. The molecule has 0 aliphatic carbocycles. The topological polar surface area (TPSA) is 75.9 Å². The van der Waals surface area contributed by atoms with Gasteiger partial charge in [0.1, 0.15) is 11.5 Å². The first-order valence-electron chi connectivity index (χ1n) is 11.9. The molecule has 0 bridgehead atoms. The predicted octanol–water partition coefficient (Wildman–Crippen LogP) is 4.86. The van der Waals surface area contributed by atoms with Gasteiger partial charge in [-0.25, -0.2) is 12.8 Å². The highest BCUT2D eigenvalue weighted by Crippen LogP contribution is 2.35. The molecule has 35 heavy (non-hydrogen) atoms. The van der Waals surface area contributed by atoms with Gasteiger partial charge in [0, 0.05) is 31.7 Å². The largest absolute Gasteiger partial charge is 0.378 e. The summed E-state index contributed by atoms with van der Waals surface area (Å²) < 4.78 is 55.0. The lowest BCUT2D eigenvalue weighted by Crippen LogP contribution is -2.37. The lowest BCUT2D eigenvalue weighted by atomic mass is 10.1. The number of halogens is 1. The molecule has 1 saturated heterocycles. The molecule has 0 unspecified atom stereocenters. The van der Waals surface area contributed by atoms with Crippen LogP contribution in [0.3, 0.4) is 0 Å². The van der Waals surface area contributed by atoms with Crippen molar-refractivity contribution in [3.63, 3.8) is 0 Å². The summed E-state index contributed by atoms with van der Waals surface area (Å²) in [6.07, 6.45) is 0.679. The van der Waals surface area contributed by atoms with E-state index in [1.165, 1.54) is 10.4 Å². The minimum Gasteiger partial charge on any atom is -0.378 e. The minimum absolute atomic E-state index is 0.0167. The molecule has 2 aromatic carbocycles. The number of anilines is 1. The molecule has 0 spiro atoms. The maximum atomic E-state index is 14.8. The van der Waals surface area contributed by atoms with Crippen LogP contribution in [0.25, 0.3) is 11.3 Å². The van der Waals surface area contributed by atoms with E-state index in [0.717, 1.165) is 5.56 Å². The Balaban J connectivity index is 1.79. The van der Waals surface area contributed by atoms with Crippen LogP contribution in [-0.2, 0) is 21.3 Å². The van der Waals surface area contributed by atoms with E-state index >= 15 is 0 Å². The highest BCUT2D eigenvalue weighted by Gasteiger charge is 2.31. The molecule has 0 N–H and O–H groups in total. The quantitative estimate of drug-likeness (QED) is 0.417. The number of hydrogen-bond donors (Lipinski definition) is 0. The highest BCUT2D eigenvalue weighted by molar-refractivity contribution is 7.89. The molecule has 0 amide bonds. The number of sulfonamides is 1. The van der Waals surface area contributed by atoms with Crippen molar-refractivity contribution in [1.29, 1.82) is 0 Å². The Morgan fingerprint density at radius 1 is 1.09 bits per heavy atom. The Morgan fingerprint density at radius 2 is 1.77 bits per heavy atom.